The number of methoxy groups -OCH3 is 1. The molecule has 4 aromatic rings. The standard InChI is InChI=1S/C21H17BrN4O2/c1-28-19-11-8-15(13-23-19)20-25-18-5-3-2-4-17(18)21(27)26(20)24-12-14-6-9-16(22)10-7-14/h2-11,13,24H,12H2,1H3. The number of para-hydroxylation sites is 1. The van der Waals surface area contributed by atoms with Crippen LogP contribution in [0.5, 0.6) is 5.88 Å². The minimum Gasteiger partial charge on any atom is -0.481 e. The molecule has 2 aromatic heterocycles. The number of halogens is 1. The second-order valence-electron chi connectivity index (χ2n) is 6.14. The number of benzene rings is 2. The van der Waals surface area contributed by atoms with Crippen LogP contribution in [0.15, 0.2) is 76.1 Å². The van der Waals surface area contributed by atoms with Gasteiger partial charge in [0.15, 0.2) is 5.82 Å². The van der Waals surface area contributed by atoms with E-state index in [4.69, 9.17) is 9.72 Å². The summed E-state index contributed by atoms with van der Waals surface area (Å²) in [4.78, 5) is 22.1. The van der Waals surface area contributed by atoms with Crippen molar-refractivity contribution in [3.05, 3.63) is 87.3 Å². The molecule has 7 heteroatoms. The Bertz CT molecular complexity index is 1170. The summed E-state index contributed by atoms with van der Waals surface area (Å²) < 4.78 is 7.61. The zero-order valence-corrected chi connectivity index (χ0v) is 16.7. The normalized spacial score (nSPS) is 10.8. The Morgan fingerprint density at radius 3 is 2.57 bits per heavy atom. The van der Waals surface area contributed by atoms with Crippen LogP contribution in [0.3, 0.4) is 0 Å². The van der Waals surface area contributed by atoms with E-state index < -0.39 is 0 Å². The van der Waals surface area contributed by atoms with Crippen molar-refractivity contribution in [1.82, 2.24) is 14.6 Å². The first-order chi connectivity index (χ1) is 13.7. The van der Waals surface area contributed by atoms with Gasteiger partial charge in [0.2, 0.25) is 5.88 Å². The van der Waals surface area contributed by atoms with E-state index in [1.165, 1.54) is 4.68 Å². The van der Waals surface area contributed by atoms with Crippen LogP contribution in [0, 0.1) is 0 Å². The second kappa shape index (κ2) is 7.82. The van der Waals surface area contributed by atoms with Crippen LogP contribution < -0.4 is 15.7 Å². The van der Waals surface area contributed by atoms with Gasteiger partial charge in [0.05, 0.1) is 24.6 Å². The fourth-order valence-electron chi connectivity index (χ4n) is 2.88. The number of fused-ring (bicyclic) bond motifs is 1. The zero-order valence-electron chi connectivity index (χ0n) is 15.1. The summed E-state index contributed by atoms with van der Waals surface area (Å²) in [7, 11) is 1.56. The van der Waals surface area contributed by atoms with Gasteiger partial charge in [0, 0.05) is 22.3 Å². The number of ether oxygens (including phenoxy) is 1. The first-order valence-electron chi connectivity index (χ1n) is 8.66. The van der Waals surface area contributed by atoms with Crippen LogP contribution in [-0.4, -0.2) is 21.8 Å². The molecule has 0 spiro atoms. The molecule has 0 aliphatic heterocycles. The molecule has 0 radical (unpaired) electrons. The number of pyridine rings is 1. The largest absolute Gasteiger partial charge is 0.481 e. The van der Waals surface area contributed by atoms with Crippen LogP contribution in [0.2, 0.25) is 0 Å². The number of rotatable bonds is 5. The summed E-state index contributed by atoms with van der Waals surface area (Å²) in [5, 5.41) is 0.552. The van der Waals surface area contributed by atoms with Crippen LogP contribution in [0.4, 0.5) is 0 Å². The lowest BCUT2D eigenvalue weighted by atomic mass is 10.2. The van der Waals surface area contributed by atoms with Gasteiger partial charge in [-0.1, -0.05) is 40.2 Å². The van der Waals surface area contributed by atoms with Crippen molar-refractivity contribution in [1.29, 1.82) is 0 Å². The lowest BCUT2D eigenvalue weighted by Crippen LogP contribution is -2.31. The minimum atomic E-state index is -0.159. The van der Waals surface area contributed by atoms with Gasteiger partial charge in [0.25, 0.3) is 5.56 Å². The number of nitrogens with zero attached hydrogens (tertiary/aromatic N) is 3. The van der Waals surface area contributed by atoms with Gasteiger partial charge in [-0.05, 0) is 35.9 Å². The van der Waals surface area contributed by atoms with Crippen molar-refractivity contribution in [3.8, 4) is 17.3 Å². The Labute approximate surface area is 169 Å². The SMILES string of the molecule is COc1ccc(-c2nc3ccccc3c(=O)n2NCc2ccc(Br)cc2)cn1. The molecule has 0 unspecified atom stereocenters. The van der Waals surface area contributed by atoms with Gasteiger partial charge in [0.1, 0.15) is 0 Å². The van der Waals surface area contributed by atoms with Gasteiger partial charge in [-0.3, -0.25) is 4.79 Å². The fraction of sp³-hybridized carbons (Fsp3) is 0.0952. The topological polar surface area (TPSA) is 69.0 Å². The molecule has 0 amide bonds. The van der Waals surface area contributed by atoms with Crippen LogP contribution in [-0.2, 0) is 6.54 Å². The third kappa shape index (κ3) is 3.61. The maximum absolute atomic E-state index is 13.1. The molecule has 140 valence electrons. The Hall–Kier alpha value is -3.19. The van der Waals surface area contributed by atoms with E-state index in [-0.39, 0.29) is 5.56 Å². The van der Waals surface area contributed by atoms with E-state index in [0.29, 0.717) is 34.7 Å². The van der Waals surface area contributed by atoms with E-state index in [1.54, 1.807) is 25.4 Å². The van der Waals surface area contributed by atoms with E-state index in [1.807, 2.05) is 48.5 Å². The monoisotopic (exact) mass is 436 g/mol. The van der Waals surface area contributed by atoms with Gasteiger partial charge in [-0.15, -0.1) is 0 Å². The summed E-state index contributed by atoms with van der Waals surface area (Å²) in [6.07, 6.45) is 1.65. The number of hydrogen-bond donors (Lipinski definition) is 1. The van der Waals surface area contributed by atoms with Gasteiger partial charge >= 0.3 is 0 Å². The first-order valence-corrected chi connectivity index (χ1v) is 9.45. The molecule has 0 saturated carbocycles. The third-order valence-electron chi connectivity index (χ3n) is 4.33. The van der Waals surface area contributed by atoms with Crippen LogP contribution in [0.1, 0.15) is 5.56 Å². The molecule has 0 aliphatic carbocycles. The van der Waals surface area contributed by atoms with E-state index in [0.717, 1.165) is 10.0 Å². The maximum atomic E-state index is 13.1. The summed E-state index contributed by atoms with van der Waals surface area (Å²) in [5.41, 5.74) is 5.44. The zero-order chi connectivity index (χ0) is 19.5. The summed E-state index contributed by atoms with van der Waals surface area (Å²) in [5.74, 6) is 0.997. The quantitative estimate of drug-likeness (QED) is 0.512. The Balaban J connectivity index is 1.80. The Morgan fingerprint density at radius 2 is 1.86 bits per heavy atom. The van der Waals surface area contributed by atoms with Crippen molar-refractivity contribution < 1.29 is 4.74 Å². The molecular formula is C21H17BrN4O2. The van der Waals surface area contributed by atoms with Crippen LogP contribution in [0.25, 0.3) is 22.3 Å². The highest BCUT2D eigenvalue weighted by Gasteiger charge is 2.13. The van der Waals surface area contributed by atoms with Gasteiger partial charge in [-0.2, -0.15) is 0 Å². The van der Waals surface area contributed by atoms with E-state index in [2.05, 4.69) is 26.3 Å². The molecule has 0 atom stereocenters. The van der Waals surface area contributed by atoms with Crippen molar-refractivity contribution >= 4 is 26.8 Å². The molecule has 4 rings (SSSR count). The van der Waals surface area contributed by atoms with Crippen molar-refractivity contribution in [2.75, 3.05) is 12.5 Å². The molecule has 2 aromatic carbocycles. The van der Waals surface area contributed by atoms with Crippen molar-refractivity contribution in [2.45, 2.75) is 6.54 Å². The smallest absolute Gasteiger partial charge is 0.280 e. The molecular weight excluding hydrogens is 420 g/mol. The van der Waals surface area contributed by atoms with Gasteiger partial charge < -0.3 is 10.2 Å². The molecule has 1 N–H and O–H groups in total. The lowest BCUT2D eigenvalue weighted by Gasteiger charge is -2.15. The highest BCUT2D eigenvalue weighted by Crippen LogP contribution is 2.20. The number of nitrogens with one attached hydrogen (secondary N) is 1. The summed E-state index contributed by atoms with van der Waals surface area (Å²) in [6.45, 7) is 0.476. The van der Waals surface area contributed by atoms with E-state index in [9.17, 15) is 4.79 Å². The minimum absolute atomic E-state index is 0.159. The highest BCUT2D eigenvalue weighted by atomic mass is 79.9. The average molecular weight is 437 g/mol. The maximum Gasteiger partial charge on any atom is 0.280 e. The molecule has 0 fully saturated rings. The lowest BCUT2D eigenvalue weighted by molar-refractivity contribution is 0.398. The summed E-state index contributed by atoms with van der Waals surface area (Å²) in [6, 6.07) is 18.8. The van der Waals surface area contributed by atoms with Crippen molar-refractivity contribution in [2.24, 2.45) is 0 Å². The first kappa shape index (κ1) is 18.2. The highest BCUT2D eigenvalue weighted by molar-refractivity contribution is 9.10. The van der Waals surface area contributed by atoms with Crippen molar-refractivity contribution in [3.63, 3.8) is 0 Å². The molecule has 2 heterocycles. The predicted octanol–water partition coefficient (Wildman–Crippen LogP) is 3.97. The Kier molecular flexibility index (Phi) is 5.08. The fourth-order valence-corrected chi connectivity index (χ4v) is 3.14. The molecule has 0 saturated heterocycles. The number of aromatic nitrogens is 3. The van der Waals surface area contributed by atoms with E-state index >= 15 is 0 Å². The summed E-state index contributed by atoms with van der Waals surface area (Å²) >= 11 is 3.43. The molecule has 0 bridgehead atoms. The molecule has 28 heavy (non-hydrogen) atoms. The average Bonchev–Trinajstić information content (AvgIpc) is 2.74. The van der Waals surface area contributed by atoms with Gasteiger partial charge in [-0.25, -0.2) is 14.6 Å². The predicted molar refractivity (Wildman–Crippen MR) is 113 cm³/mol. The Morgan fingerprint density at radius 1 is 1.07 bits per heavy atom. The number of hydrogen-bond acceptors (Lipinski definition) is 5. The second-order valence-corrected chi connectivity index (χ2v) is 7.06. The molecule has 6 nitrogen and oxygen atoms in total. The third-order valence-corrected chi connectivity index (χ3v) is 4.86. The molecule has 0 aliphatic rings. The van der Waals surface area contributed by atoms with Crippen LogP contribution >= 0.6 is 15.9 Å².